The smallest absolute Gasteiger partial charge is 0.321 e. The van der Waals surface area contributed by atoms with Crippen molar-refractivity contribution < 1.29 is 19.6 Å². The highest BCUT2D eigenvalue weighted by Gasteiger charge is 2.21. The van der Waals surface area contributed by atoms with Gasteiger partial charge in [-0.2, -0.15) is 0 Å². The molecule has 1 unspecified atom stereocenters. The van der Waals surface area contributed by atoms with Crippen LogP contribution in [0.5, 0.6) is 0 Å². The van der Waals surface area contributed by atoms with Crippen LogP contribution in [0.15, 0.2) is 48.8 Å². The number of nitrogens with one attached hydrogen (secondary N) is 2. The predicted molar refractivity (Wildman–Crippen MR) is 88.8 cm³/mol. The molecule has 130 valence electrons. The van der Waals surface area contributed by atoms with Crippen LogP contribution < -0.4 is 10.6 Å². The molecule has 0 bridgehead atoms. The van der Waals surface area contributed by atoms with Crippen LogP contribution >= 0.6 is 0 Å². The van der Waals surface area contributed by atoms with Gasteiger partial charge >= 0.3 is 5.97 Å². The molecule has 0 fully saturated rings. The molecule has 1 aromatic carbocycles. The molecule has 2 aromatic rings. The second-order valence-corrected chi connectivity index (χ2v) is 5.19. The van der Waals surface area contributed by atoms with Gasteiger partial charge in [0.15, 0.2) is 0 Å². The Morgan fingerprint density at radius 2 is 1.96 bits per heavy atom. The van der Waals surface area contributed by atoms with Gasteiger partial charge in [-0.25, -0.2) is 0 Å². The van der Waals surface area contributed by atoms with Crippen LogP contribution in [-0.2, 0) is 16.1 Å². The van der Waals surface area contributed by atoms with Crippen LogP contribution in [0.3, 0.4) is 0 Å². The molecule has 1 atom stereocenters. The van der Waals surface area contributed by atoms with Crippen molar-refractivity contribution in [3.8, 4) is 0 Å². The first kappa shape index (κ1) is 18.0. The summed E-state index contributed by atoms with van der Waals surface area (Å²) in [4.78, 5) is 37.3. The third-order valence-corrected chi connectivity index (χ3v) is 3.32. The van der Waals surface area contributed by atoms with E-state index in [1.165, 1.54) is 24.3 Å². The summed E-state index contributed by atoms with van der Waals surface area (Å²) in [6.45, 7) is 0.260. The van der Waals surface area contributed by atoms with E-state index in [-0.39, 0.29) is 18.7 Å². The molecule has 1 amide bonds. The maximum Gasteiger partial charge on any atom is 0.321 e. The van der Waals surface area contributed by atoms with Crippen molar-refractivity contribution in [2.75, 3.05) is 5.32 Å². The van der Waals surface area contributed by atoms with Gasteiger partial charge in [-0.15, -0.1) is 0 Å². The molecule has 1 heterocycles. The fraction of sp³-hybridized carbons (Fsp3) is 0.188. The summed E-state index contributed by atoms with van der Waals surface area (Å²) in [5.74, 6) is -1.66. The quantitative estimate of drug-likeness (QED) is 0.488. The van der Waals surface area contributed by atoms with Gasteiger partial charge in [0.1, 0.15) is 6.04 Å². The van der Waals surface area contributed by atoms with Gasteiger partial charge in [0.2, 0.25) is 5.91 Å². The van der Waals surface area contributed by atoms with Crippen molar-refractivity contribution in [1.29, 1.82) is 0 Å². The van der Waals surface area contributed by atoms with Gasteiger partial charge < -0.3 is 10.4 Å². The summed E-state index contributed by atoms with van der Waals surface area (Å²) >= 11 is 0. The van der Waals surface area contributed by atoms with Crippen LogP contribution in [0.2, 0.25) is 0 Å². The van der Waals surface area contributed by atoms with Crippen molar-refractivity contribution in [3.63, 3.8) is 0 Å². The molecule has 9 heteroatoms. The van der Waals surface area contributed by atoms with E-state index < -0.39 is 22.8 Å². The Kier molecular flexibility index (Phi) is 6.13. The Hall–Kier alpha value is -3.33. The van der Waals surface area contributed by atoms with E-state index in [0.29, 0.717) is 5.69 Å². The second kappa shape index (κ2) is 8.50. The largest absolute Gasteiger partial charge is 0.480 e. The number of carboxylic acid groups (broad SMARTS) is 1. The maximum atomic E-state index is 12.0. The summed E-state index contributed by atoms with van der Waals surface area (Å²) in [7, 11) is 0. The summed E-state index contributed by atoms with van der Waals surface area (Å²) in [5.41, 5.74) is 1.05. The number of carbonyl (C=O) groups is 2. The first-order valence-corrected chi connectivity index (χ1v) is 7.35. The zero-order valence-corrected chi connectivity index (χ0v) is 13.1. The number of carbonyl (C=O) groups excluding carboxylic acids is 1. The molecule has 0 saturated carbocycles. The lowest BCUT2D eigenvalue weighted by Gasteiger charge is -2.14. The van der Waals surface area contributed by atoms with Crippen molar-refractivity contribution in [1.82, 2.24) is 10.3 Å². The van der Waals surface area contributed by atoms with Gasteiger partial charge in [0.25, 0.3) is 5.69 Å². The third kappa shape index (κ3) is 5.66. The number of aliphatic carboxylic acids is 1. The van der Waals surface area contributed by atoms with Crippen molar-refractivity contribution in [2.45, 2.75) is 19.0 Å². The summed E-state index contributed by atoms with van der Waals surface area (Å²) < 4.78 is 0. The Balaban J connectivity index is 1.91. The van der Waals surface area contributed by atoms with Gasteiger partial charge in [-0.05, 0) is 23.8 Å². The molecule has 0 aliphatic carbocycles. The normalized spacial score (nSPS) is 11.5. The minimum absolute atomic E-state index is 0.0976. The number of amides is 1. The van der Waals surface area contributed by atoms with Crippen molar-refractivity contribution in [2.24, 2.45) is 0 Å². The van der Waals surface area contributed by atoms with Crippen LogP contribution in [0.1, 0.15) is 12.0 Å². The molecule has 2 rings (SSSR count). The number of hydrogen-bond acceptors (Lipinski definition) is 6. The second-order valence-electron chi connectivity index (χ2n) is 5.19. The highest BCUT2D eigenvalue weighted by Crippen LogP contribution is 2.15. The Morgan fingerprint density at radius 3 is 2.52 bits per heavy atom. The minimum atomic E-state index is -1.15. The van der Waals surface area contributed by atoms with E-state index in [0.717, 1.165) is 5.56 Å². The summed E-state index contributed by atoms with van der Waals surface area (Å²) in [6, 6.07) is 7.72. The monoisotopic (exact) mass is 344 g/mol. The molecular weight excluding hydrogens is 328 g/mol. The average molecular weight is 344 g/mol. The zero-order valence-electron chi connectivity index (χ0n) is 13.1. The fourth-order valence-electron chi connectivity index (χ4n) is 2.05. The molecule has 9 nitrogen and oxygen atoms in total. The summed E-state index contributed by atoms with van der Waals surface area (Å²) in [6.07, 6.45) is 2.92. The SMILES string of the molecule is O=C(CC(NCc1cccnc1)C(=O)O)Nc1ccc([N+](=O)[O-])cc1. The Morgan fingerprint density at radius 1 is 1.24 bits per heavy atom. The average Bonchev–Trinajstić information content (AvgIpc) is 2.59. The van der Waals surface area contributed by atoms with Gasteiger partial charge in [0, 0.05) is 36.8 Å². The van der Waals surface area contributed by atoms with E-state index in [4.69, 9.17) is 0 Å². The topological polar surface area (TPSA) is 134 Å². The molecule has 0 radical (unpaired) electrons. The fourth-order valence-corrected chi connectivity index (χ4v) is 2.05. The van der Waals surface area contributed by atoms with E-state index >= 15 is 0 Å². The number of nitro groups is 1. The minimum Gasteiger partial charge on any atom is -0.480 e. The molecule has 3 N–H and O–H groups in total. The third-order valence-electron chi connectivity index (χ3n) is 3.32. The Labute approximate surface area is 142 Å². The number of nitro benzene ring substituents is 1. The van der Waals surface area contributed by atoms with Gasteiger partial charge in [0.05, 0.1) is 11.3 Å². The lowest BCUT2D eigenvalue weighted by Crippen LogP contribution is -2.39. The number of benzene rings is 1. The highest BCUT2D eigenvalue weighted by atomic mass is 16.6. The molecule has 25 heavy (non-hydrogen) atoms. The van der Waals surface area contributed by atoms with Crippen LogP contribution in [0.25, 0.3) is 0 Å². The highest BCUT2D eigenvalue weighted by molar-refractivity contribution is 5.94. The number of hydrogen-bond donors (Lipinski definition) is 3. The lowest BCUT2D eigenvalue weighted by molar-refractivity contribution is -0.384. The maximum absolute atomic E-state index is 12.0. The first-order chi connectivity index (χ1) is 12.0. The van der Waals surface area contributed by atoms with Crippen molar-refractivity contribution in [3.05, 3.63) is 64.5 Å². The zero-order chi connectivity index (χ0) is 18.2. The van der Waals surface area contributed by atoms with E-state index in [1.54, 1.807) is 24.5 Å². The number of pyridine rings is 1. The van der Waals surface area contributed by atoms with Gasteiger partial charge in [-0.1, -0.05) is 6.07 Å². The van der Waals surface area contributed by atoms with E-state index in [2.05, 4.69) is 15.6 Å². The number of carboxylic acids is 1. The van der Waals surface area contributed by atoms with Crippen LogP contribution in [-0.4, -0.2) is 32.9 Å². The Bertz CT molecular complexity index is 749. The van der Waals surface area contributed by atoms with Gasteiger partial charge in [-0.3, -0.25) is 30.0 Å². The first-order valence-electron chi connectivity index (χ1n) is 7.35. The molecule has 0 aliphatic heterocycles. The lowest BCUT2D eigenvalue weighted by atomic mass is 10.1. The number of anilines is 1. The molecule has 0 aliphatic rings. The van der Waals surface area contributed by atoms with E-state index in [9.17, 15) is 24.8 Å². The number of rotatable bonds is 8. The van der Waals surface area contributed by atoms with Crippen LogP contribution in [0, 0.1) is 10.1 Å². The molecule has 0 saturated heterocycles. The predicted octanol–water partition coefficient (Wildman–Crippen LogP) is 1.56. The number of nitrogens with zero attached hydrogens (tertiary/aromatic N) is 2. The molecule has 1 aromatic heterocycles. The van der Waals surface area contributed by atoms with Crippen LogP contribution in [0.4, 0.5) is 11.4 Å². The number of aromatic nitrogens is 1. The summed E-state index contributed by atoms with van der Waals surface area (Å²) in [5, 5.41) is 25.1. The standard InChI is InChI=1S/C16H16N4O5/c21-15(19-12-3-5-13(6-4-12)20(24)25)8-14(16(22)23)18-10-11-2-1-7-17-9-11/h1-7,9,14,18H,8,10H2,(H,19,21)(H,22,23). The molecular formula is C16H16N4O5. The van der Waals surface area contributed by atoms with Crippen molar-refractivity contribution >= 4 is 23.3 Å². The molecule has 0 spiro atoms. The number of non-ortho nitro benzene ring substituents is 1. The van der Waals surface area contributed by atoms with E-state index in [1.807, 2.05) is 0 Å².